The molecular weight excluding hydrogens is 343 g/mol. The molecule has 1 aromatic carbocycles. The van der Waals surface area contributed by atoms with Crippen molar-refractivity contribution >= 4 is 5.91 Å². The van der Waals surface area contributed by atoms with Crippen molar-refractivity contribution in [3.8, 4) is 0 Å². The van der Waals surface area contributed by atoms with Crippen LogP contribution in [0.15, 0.2) is 24.3 Å². The van der Waals surface area contributed by atoms with Crippen molar-refractivity contribution in [2.75, 3.05) is 39.3 Å². The first kappa shape index (κ1) is 19.2. The smallest absolute Gasteiger partial charge is 0.341 e. The minimum absolute atomic E-state index is 0.137. The molecule has 3 rings (SSSR count). The number of amides is 1. The largest absolute Gasteiger partial charge is 0.416 e. The molecule has 7 heteroatoms. The van der Waals surface area contributed by atoms with Gasteiger partial charge in [-0.2, -0.15) is 13.2 Å². The molecule has 1 N–H and O–H groups in total. The Kier molecular flexibility index (Phi) is 6.19. The third kappa shape index (κ3) is 4.98. The fraction of sp³-hybridized carbons (Fsp3) is 0.632. The van der Waals surface area contributed by atoms with E-state index in [1.165, 1.54) is 0 Å². The topological polar surface area (TPSA) is 35.6 Å². The van der Waals surface area contributed by atoms with Crippen LogP contribution in [0.25, 0.3) is 0 Å². The van der Waals surface area contributed by atoms with Crippen LogP contribution in [0.5, 0.6) is 0 Å². The summed E-state index contributed by atoms with van der Waals surface area (Å²) in [6, 6.07) is 5.37. The molecule has 0 atom stereocenters. The van der Waals surface area contributed by atoms with Crippen LogP contribution >= 0.6 is 0 Å². The molecule has 0 saturated carbocycles. The molecule has 0 unspecified atom stereocenters. The number of carbonyl (C=O) groups is 1. The van der Waals surface area contributed by atoms with Gasteiger partial charge in [-0.25, -0.2) is 0 Å². The standard InChI is InChI=1S/C19H26F3N3O/c20-19(21,22)17-4-2-15(3-5-17)14-24-10-1-11-25(13-12-24)18(26)16-6-8-23-9-7-16/h2-5,16,23H,1,6-14H2. The van der Waals surface area contributed by atoms with Gasteiger partial charge in [-0.15, -0.1) is 0 Å². The molecule has 0 bridgehead atoms. The highest BCUT2D eigenvalue weighted by Gasteiger charge is 2.30. The predicted molar refractivity (Wildman–Crippen MR) is 93.5 cm³/mol. The van der Waals surface area contributed by atoms with Crippen molar-refractivity contribution in [1.82, 2.24) is 15.1 Å². The zero-order valence-electron chi connectivity index (χ0n) is 14.9. The monoisotopic (exact) mass is 369 g/mol. The molecule has 0 radical (unpaired) electrons. The number of piperidine rings is 1. The number of nitrogens with one attached hydrogen (secondary N) is 1. The van der Waals surface area contributed by atoms with E-state index in [1.807, 2.05) is 4.90 Å². The third-order valence-corrected chi connectivity index (χ3v) is 5.28. The van der Waals surface area contributed by atoms with Gasteiger partial charge in [-0.3, -0.25) is 9.69 Å². The summed E-state index contributed by atoms with van der Waals surface area (Å²) < 4.78 is 38.0. The summed E-state index contributed by atoms with van der Waals surface area (Å²) >= 11 is 0. The molecule has 26 heavy (non-hydrogen) atoms. The van der Waals surface area contributed by atoms with E-state index in [0.717, 1.165) is 69.7 Å². The molecule has 4 nitrogen and oxygen atoms in total. The fourth-order valence-corrected chi connectivity index (χ4v) is 3.73. The van der Waals surface area contributed by atoms with Crippen LogP contribution in [0.1, 0.15) is 30.4 Å². The average molecular weight is 369 g/mol. The van der Waals surface area contributed by atoms with E-state index in [2.05, 4.69) is 10.2 Å². The van der Waals surface area contributed by atoms with Crippen molar-refractivity contribution in [2.24, 2.45) is 5.92 Å². The minimum Gasteiger partial charge on any atom is -0.341 e. The second-order valence-corrected chi connectivity index (χ2v) is 7.17. The zero-order valence-corrected chi connectivity index (χ0v) is 14.9. The SMILES string of the molecule is O=C(C1CCNCC1)N1CCCN(Cc2ccc(C(F)(F)F)cc2)CC1. The van der Waals surface area contributed by atoms with E-state index < -0.39 is 11.7 Å². The maximum atomic E-state index is 12.7. The quantitative estimate of drug-likeness (QED) is 0.890. The van der Waals surface area contributed by atoms with Gasteiger partial charge in [0.25, 0.3) is 0 Å². The van der Waals surface area contributed by atoms with Gasteiger partial charge >= 0.3 is 6.18 Å². The van der Waals surface area contributed by atoms with Crippen LogP contribution in [0, 0.1) is 5.92 Å². The highest BCUT2D eigenvalue weighted by molar-refractivity contribution is 5.79. The summed E-state index contributed by atoms with van der Waals surface area (Å²) in [5.74, 6) is 0.403. The van der Waals surface area contributed by atoms with Gasteiger partial charge in [0.15, 0.2) is 0 Å². The maximum Gasteiger partial charge on any atom is 0.416 e. The van der Waals surface area contributed by atoms with E-state index in [1.54, 1.807) is 12.1 Å². The molecule has 0 aromatic heterocycles. The Morgan fingerprint density at radius 3 is 2.38 bits per heavy atom. The normalized spacial score (nSPS) is 20.8. The van der Waals surface area contributed by atoms with Crippen LogP contribution in [0.3, 0.4) is 0 Å². The Balaban J connectivity index is 1.52. The summed E-state index contributed by atoms with van der Waals surface area (Å²) in [5.41, 5.74) is 0.256. The van der Waals surface area contributed by atoms with Crippen LogP contribution in [0.4, 0.5) is 13.2 Å². The lowest BCUT2D eigenvalue weighted by molar-refractivity contribution is -0.137. The van der Waals surface area contributed by atoms with Gasteiger partial charge in [0.2, 0.25) is 5.91 Å². The summed E-state index contributed by atoms with van der Waals surface area (Å²) in [7, 11) is 0. The van der Waals surface area contributed by atoms with Crippen molar-refractivity contribution in [2.45, 2.75) is 32.0 Å². The Hall–Kier alpha value is -1.60. The molecule has 1 amide bonds. The molecule has 0 spiro atoms. The Labute approximate surface area is 152 Å². The molecule has 2 heterocycles. The zero-order chi connectivity index (χ0) is 18.6. The number of carbonyl (C=O) groups excluding carboxylic acids is 1. The van der Waals surface area contributed by atoms with Gasteiger partial charge in [0.05, 0.1) is 5.56 Å². The summed E-state index contributed by atoms with van der Waals surface area (Å²) in [6.07, 6.45) is -1.58. The van der Waals surface area contributed by atoms with E-state index in [9.17, 15) is 18.0 Å². The first-order chi connectivity index (χ1) is 12.4. The summed E-state index contributed by atoms with van der Waals surface area (Å²) in [6.45, 7) is 5.52. The molecule has 144 valence electrons. The van der Waals surface area contributed by atoms with E-state index in [4.69, 9.17) is 0 Å². The van der Waals surface area contributed by atoms with Crippen molar-refractivity contribution in [3.05, 3.63) is 35.4 Å². The molecule has 2 saturated heterocycles. The van der Waals surface area contributed by atoms with Gasteiger partial charge < -0.3 is 10.2 Å². The van der Waals surface area contributed by atoms with Crippen LogP contribution < -0.4 is 5.32 Å². The third-order valence-electron chi connectivity index (χ3n) is 5.28. The Morgan fingerprint density at radius 1 is 1.04 bits per heavy atom. The lowest BCUT2D eigenvalue weighted by atomic mass is 9.96. The number of hydrogen-bond acceptors (Lipinski definition) is 3. The number of alkyl halides is 3. The summed E-state index contributed by atoms with van der Waals surface area (Å²) in [4.78, 5) is 16.9. The fourth-order valence-electron chi connectivity index (χ4n) is 3.73. The lowest BCUT2D eigenvalue weighted by Crippen LogP contribution is -2.42. The Morgan fingerprint density at radius 2 is 1.73 bits per heavy atom. The average Bonchev–Trinajstić information content (AvgIpc) is 2.87. The molecule has 2 aliphatic heterocycles. The van der Waals surface area contributed by atoms with Crippen LogP contribution in [-0.2, 0) is 17.5 Å². The second-order valence-electron chi connectivity index (χ2n) is 7.17. The van der Waals surface area contributed by atoms with Crippen LogP contribution in [0.2, 0.25) is 0 Å². The number of rotatable bonds is 3. The van der Waals surface area contributed by atoms with Gasteiger partial charge in [0.1, 0.15) is 0 Å². The first-order valence-electron chi connectivity index (χ1n) is 9.31. The van der Waals surface area contributed by atoms with Crippen molar-refractivity contribution < 1.29 is 18.0 Å². The van der Waals surface area contributed by atoms with Crippen molar-refractivity contribution in [1.29, 1.82) is 0 Å². The molecule has 2 fully saturated rings. The van der Waals surface area contributed by atoms with Crippen molar-refractivity contribution in [3.63, 3.8) is 0 Å². The first-order valence-corrected chi connectivity index (χ1v) is 9.31. The van der Waals surface area contributed by atoms with Gasteiger partial charge in [-0.1, -0.05) is 12.1 Å². The van der Waals surface area contributed by atoms with Crippen LogP contribution in [-0.4, -0.2) is 55.0 Å². The van der Waals surface area contributed by atoms with E-state index in [-0.39, 0.29) is 11.8 Å². The minimum atomic E-state index is -4.30. The van der Waals surface area contributed by atoms with Gasteiger partial charge in [0, 0.05) is 38.6 Å². The summed E-state index contributed by atoms with van der Waals surface area (Å²) in [5, 5.41) is 3.28. The van der Waals surface area contributed by atoms with E-state index >= 15 is 0 Å². The van der Waals surface area contributed by atoms with Gasteiger partial charge in [-0.05, 0) is 50.0 Å². The Bertz CT molecular complexity index is 597. The molecule has 2 aliphatic rings. The lowest BCUT2D eigenvalue weighted by Gasteiger charge is -2.29. The molecule has 1 aromatic rings. The number of nitrogens with zero attached hydrogens (tertiary/aromatic N) is 2. The predicted octanol–water partition coefficient (Wildman–Crippen LogP) is 2.74. The molecular formula is C19H26F3N3O. The molecule has 0 aliphatic carbocycles. The number of hydrogen-bond donors (Lipinski definition) is 1. The van der Waals surface area contributed by atoms with E-state index in [0.29, 0.717) is 13.1 Å². The number of benzene rings is 1. The highest BCUT2D eigenvalue weighted by atomic mass is 19.4. The highest BCUT2D eigenvalue weighted by Crippen LogP contribution is 2.29. The number of halogens is 3. The second kappa shape index (κ2) is 8.39. The maximum absolute atomic E-state index is 12.7.